The van der Waals surface area contributed by atoms with Gasteiger partial charge in [-0.2, -0.15) is 5.10 Å². The molecule has 0 saturated carbocycles. The number of aromatic nitrogens is 1. The van der Waals surface area contributed by atoms with Crippen LogP contribution in [0.4, 0.5) is 0 Å². The molecule has 0 fully saturated rings. The molecule has 0 spiro atoms. The maximum Gasteiger partial charge on any atom is 0.343 e. The van der Waals surface area contributed by atoms with Crippen molar-refractivity contribution in [3.05, 3.63) is 101 Å². The smallest absolute Gasteiger partial charge is 0.343 e. The molecule has 0 atom stereocenters. The van der Waals surface area contributed by atoms with Crippen LogP contribution in [0.1, 0.15) is 50.4 Å². The normalized spacial score (nSPS) is 13.1. The van der Waals surface area contributed by atoms with E-state index in [1.165, 1.54) is 24.1 Å². The van der Waals surface area contributed by atoms with Crippen LogP contribution in [0, 0.1) is 0 Å². The second-order valence-corrected chi connectivity index (χ2v) is 8.07. The van der Waals surface area contributed by atoms with Gasteiger partial charge in [0, 0.05) is 22.2 Å². The van der Waals surface area contributed by atoms with Gasteiger partial charge in [-0.1, -0.05) is 18.2 Å². The lowest BCUT2D eigenvalue weighted by Crippen LogP contribution is -2.17. The molecule has 1 aliphatic carbocycles. The van der Waals surface area contributed by atoms with E-state index in [4.69, 9.17) is 4.74 Å². The highest BCUT2D eigenvalue weighted by molar-refractivity contribution is 5.99. The molecule has 6 nitrogen and oxygen atoms in total. The molecule has 164 valence electrons. The van der Waals surface area contributed by atoms with Crippen LogP contribution in [0.5, 0.6) is 5.75 Å². The van der Waals surface area contributed by atoms with E-state index in [0.717, 1.165) is 29.3 Å². The molecular weight excluding hydrogens is 414 g/mol. The van der Waals surface area contributed by atoms with Crippen LogP contribution in [0.3, 0.4) is 0 Å². The zero-order chi connectivity index (χ0) is 22.6. The predicted molar refractivity (Wildman–Crippen MR) is 128 cm³/mol. The Morgan fingerprint density at radius 2 is 1.70 bits per heavy atom. The average Bonchev–Trinajstić information content (AvgIpc) is 3.23. The fourth-order valence-corrected chi connectivity index (χ4v) is 4.14. The fourth-order valence-electron chi connectivity index (χ4n) is 4.14. The monoisotopic (exact) mass is 437 g/mol. The molecule has 1 aliphatic rings. The van der Waals surface area contributed by atoms with E-state index < -0.39 is 5.97 Å². The first-order valence-electron chi connectivity index (χ1n) is 11.0. The van der Waals surface area contributed by atoms with Crippen molar-refractivity contribution in [1.82, 2.24) is 10.4 Å². The SMILES string of the molecule is O=C(N/N=C\c1ccc(OC(=O)c2ccccc2)cc1)c1ccc2[nH]c3c(c2c1)CCCC3. The first kappa shape index (κ1) is 20.7. The van der Waals surface area contributed by atoms with E-state index >= 15 is 0 Å². The predicted octanol–water partition coefficient (Wildman–Crippen LogP) is 5.03. The first-order chi connectivity index (χ1) is 16.2. The van der Waals surface area contributed by atoms with Gasteiger partial charge in [0.1, 0.15) is 5.75 Å². The molecule has 0 aliphatic heterocycles. The van der Waals surface area contributed by atoms with Crippen LogP contribution < -0.4 is 10.2 Å². The third-order valence-corrected chi connectivity index (χ3v) is 5.84. The van der Waals surface area contributed by atoms with E-state index in [9.17, 15) is 9.59 Å². The Labute approximate surface area is 191 Å². The second kappa shape index (κ2) is 9.12. The number of carbonyl (C=O) groups is 2. The summed E-state index contributed by atoms with van der Waals surface area (Å²) in [5.74, 6) is -0.231. The number of rotatable bonds is 5. The topological polar surface area (TPSA) is 83.5 Å². The minimum atomic E-state index is -0.412. The molecule has 4 aromatic rings. The summed E-state index contributed by atoms with van der Waals surface area (Å²) in [6, 6.07) is 21.4. The summed E-state index contributed by atoms with van der Waals surface area (Å²) in [6.07, 6.45) is 6.07. The van der Waals surface area contributed by atoms with Crippen molar-refractivity contribution in [2.24, 2.45) is 5.10 Å². The Balaban J connectivity index is 1.21. The number of aromatic amines is 1. The van der Waals surface area contributed by atoms with E-state index in [-0.39, 0.29) is 5.91 Å². The lowest BCUT2D eigenvalue weighted by molar-refractivity contribution is 0.0734. The van der Waals surface area contributed by atoms with Gasteiger partial charge in [0.05, 0.1) is 11.8 Å². The highest BCUT2D eigenvalue weighted by Crippen LogP contribution is 2.29. The zero-order valence-corrected chi connectivity index (χ0v) is 18.0. The molecule has 5 rings (SSSR count). The van der Waals surface area contributed by atoms with Crippen LogP contribution in [-0.4, -0.2) is 23.1 Å². The minimum absolute atomic E-state index is 0.257. The number of H-pyrrole nitrogens is 1. The van der Waals surface area contributed by atoms with Gasteiger partial charge in [0.2, 0.25) is 0 Å². The molecule has 0 bridgehead atoms. The molecule has 1 heterocycles. The Hall–Kier alpha value is -4.19. The summed E-state index contributed by atoms with van der Waals surface area (Å²) in [6.45, 7) is 0. The molecule has 2 N–H and O–H groups in total. The van der Waals surface area contributed by atoms with Crippen molar-refractivity contribution in [2.45, 2.75) is 25.7 Å². The van der Waals surface area contributed by atoms with Gasteiger partial charge < -0.3 is 9.72 Å². The lowest BCUT2D eigenvalue weighted by Gasteiger charge is -2.10. The summed E-state index contributed by atoms with van der Waals surface area (Å²) in [7, 11) is 0. The Kier molecular flexibility index (Phi) is 5.72. The van der Waals surface area contributed by atoms with Crippen LogP contribution >= 0.6 is 0 Å². The Morgan fingerprint density at radius 1 is 0.909 bits per heavy atom. The lowest BCUT2D eigenvalue weighted by atomic mass is 9.95. The van der Waals surface area contributed by atoms with Gasteiger partial charge in [-0.25, -0.2) is 10.2 Å². The van der Waals surface area contributed by atoms with Crippen molar-refractivity contribution in [1.29, 1.82) is 0 Å². The number of hydrogen-bond acceptors (Lipinski definition) is 4. The zero-order valence-electron chi connectivity index (χ0n) is 18.0. The first-order valence-corrected chi connectivity index (χ1v) is 11.0. The van der Waals surface area contributed by atoms with Gasteiger partial charge in [-0.3, -0.25) is 4.79 Å². The van der Waals surface area contributed by atoms with Gasteiger partial charge in [-0.15, -0.1) is 0 Å². The van der Waals surface area contributed by atoms with E-state index in [0.29, 0.717) is 16.9 Å². The molecule has 0 saturated heterocycles. The maximum atomic E-state index is 12.6. The third-order valence-electron chi connectivity index (χ3n) is 5.84. The number of carbonyl (C=O) groups excluding carboxylic acids is 2. The van der Waals surface area contributed by atoms with Crippen LogP contribution in [0.25, 0.3) is 10.9 Å². The van der Waals surface area contributed by atoms with Gasteiger partial charge in [0.25, 0.3) is 5.91 Å². The van der Waals surface area contributed by atoms with Crippen LogP contribution in [0.15, 0.2) is 77.9 Å². The maximum absolute atomic E-state index is 12.6. The molecule has 0 radical (unpaired) electrons. The average molecular weight is 437 g/mol. The van der Waals surface area contributed by atoms with Gasteiger partial charge >= 0.3 is 5.97 Å². The number of hydrazone groups is 1. The van der Waals surface area contributed by atoms with Crippen molar-refractivity contribution < 1.29 is 14.3 Å². The molecular formula is C27H23N3O3. The number of fused-ring (bicyclic) bond motifs is 3. The highest BCUT2D eigenvalue weighted by Gasteiger charge is 2.16. The van der Waals surface area contributed by atoms with Crippen molar-refractivity contribution in [3.8, 4) is 5.75 Å². The standard InChI is InChI=1S/C27H23N3O3/c31-26(20-12-15-25-23(16-20)22-8-4-5-9-24(22)29-25)30-28-17-18-10-13-21(14-11-18)33-27(32)19-6-2-1-3-7-19/h1-3,6-7,10-17,29H,4-5,8-9H2,(H,30,31)/b28-17-. The molecule has 0 unspecified atom stereocenters. The van der Waals surface area contributed by atoms with Crippen LogP contribution in [0.2, 0.25) is 0 Å². The minimum Gasteiger partial charge on any atom is -0.423 e. The van der Waals surface area contributed by atoms with Gasteiger partial charge in [-0.05, 0) is 91.4 Å². The second-order valence-electron chi connectivity index (χ2n) is 8.07. The number of nitrogens with one attached hydrogen (secondary N) is 2. The van der Waals surface area contributed by atoms with Crippen molar-refractivity contribution >= 4 is 29.0 Å². The molecule has 33 heavy (non-hydrogen) atoms. The number of aryl methyl sites for hydroxylation is 2. The number of hydrogen-bond donors (Lipinski definition) is 2. The van der Waals surface area contributed by atoms with E-state index in [2.05, 4.69) is 15.5 Å². The van der Waals surface area contributed by atoms with Crippen molar-refractivity contribution in [3.63, 3.8) is 0 Å². The fraction of sp³-hybridized carbons (Fsp3) is 0.148. The summed E-state index contributed by atoms with van der Waals surface area (Å²) >= 11 is 0. The molecule has 1 aromatic heterocycles. The van der Waals surface area contributed by atoms with Gasteiger partial charge in [0.15, 0.2) is 0 Å². The van der Waals surface area contributed by atoms with Crippen LogP contribution in [-0.2, 0) is 12.8 Å². The molecule has 6 heteroatoms. The number of amides is 1. The number of nitrogens with zero attached hydrogens (tertiary/aromatic N) is 1. The largest absolute Gasteiger partial charge is 0.423 e. The number of benzene rings is 3. The Bertz CT molecular complexity index is 1340. The van der Waals surface area contributed by atoms with Crippen molar-refractivity contribution in [2.75, 3.05) is 0 Å². The highest BCUT2D eigenvalue weighted by atomic mass is 16.5. The van der Waals surface area contributed by atoms with E-state index in [1.54, 1.807) is 54.7 Å². The van der Waals surface area contributed by atoms with E-state index in [1.807, 2.05) is 24.3 Å². The summed E-state index contributed by atoms with van der Waals surface area (Å²) in [4.78, 5) is 28.2. The Morgan fingerprint density at radius 3 is 2.52 bits per heavy atom. The third kappa shape index (κ3) is 4.55. The molecule has 1 amide bonds. The molecule has 3 aromatic carbocycles. The number of ether oxygens (including phenoxy) is 1. The summed E-state index contributed by atoms with van der Waals surface area (Å²) in [5, 5.41) is 5.20. The summed E-state index contributed by atoms with van der Waals surface area (Å²) < 4.78 is 5.37. The summed E-state index contributed by atoms with van der Waals surface area (Å²) in [5.41, 5.74) is 8.14. The number of esters is 1. The quantitative estimate of drug-likeness (QED) is 0.199.